The normalized spacial score (nSPS) is 11.9. The zero-order valence-corrected chi connectivity index (χ0v) is 12.4. The van der Waals surface area contributed by atoms with E-state index in [1.54, 1.807) is 26.2 Å². The number of hydrogen-bond acceptors (Lipinski definition) is 5. The summed E-state index contributed by atoms with van der Waals surface area (Å²) in [5.41, 5.74) is 0.737. The van der Waals surface area contributed by atoms with E-state index in [0.29, 0.717) is 17.3 Å². The number of nitrogens with zero attached hydrogens (tertiary/aromatic N) is 1. The Kier molecular flexibility index (Phi) is 4.59. The van der Waals surface area contributed by atoms with Crippen LogP contribution in [0.25, 0.3) is 10.2 Å². The maximum absolute atomic E-state index is 11.7. The summed E-state index contributed by atoms with van der Waals surface area (Å²) in [6.45, 7) is 1.68. The number of rotatable bonds is 5. The number of amides is 2. The quantitative estimate of drug-likeness (QED) is 0.786. The Bertz CT molecular complexity index is 670. The Morgan fingerprint density at radius 1 is 1.48 bits per heavy atom. The van der Waals surface area contributed by atoms with Gasteiger partial charge in [-0.15, -0.1) is 0 Å². The summed E-state index contributed by atoms with van der Waals surface area (Å²) >= 11 is 1.29. The van der Waals surface area contributed by atoms with Crippen LogP contribution in [0.15, 0.2) is 18.2 Å². The number of fused-ring (bicyclic) bond motifs is 1. The summed E-state index contributed by atoms with van der Waals surface area (Å²) in [4.78, 5) is 26.9. The molecule has 1 heterocycles. The molecule has 0 spiro atoms. The van der Waals surface area contributed by atoms with Crippen LogP contribution in [-0.4, -0.2) is 35.2 Å². The molecule has 112 valence electrons. The van der Waals surface area contributed by atoms with Gasteiger partial charge < -0.3 is 15.2 Å². The van der Waals surface area contributed by atoms with E-state index < -0.39 is 18.0 Å². The lowest BCUT2D eigenvalue weighted by atomic mass is 10.2. The van der Waals surface area contributed by atoms with Gasteiger partial charge in [-0.1, -0.05) is 18.3 Å². The molecule has 0 radical (unpaired) electrons. The molecule has 7 nitrogen and oxygen atoms in total. The van der Waals surface area contributed by atoms with Crippen LogP contribution in [0, 0.1) is 0 Å². The molecule has 1 aromatic carbocycles. The van der Waals surface area contributed by atoms with Crippen molar-refractivity contribution in [2.45, 2.75) is 19.4 Å². The molecule has 0 bridgehead atoms. The smallest absolute Gasteiger partial charge is 0.326 e. The van der Waals surface area contributed by atoms with Gasteiger partial charge in [0.1, 0.15) is 11.8 Å². The molecule has 0 aliphatic carbocycles. The molecule has 2 amide bonds. The van der Waals surface area contributed by atoms with Crippen molar-refractivity contribution in [2.75, 3.05) is 12.4 Å². The summed E-state index contributed by atoms with van der Waals surface area (Å²) in [5, 5.41) is 14.2. The molecule has 1 unspecified atom stereocenters. The SMILES string of the molecule is CCC(NC(=O)Nc1nc2ccc(OC)cc2s1)C(=O)O. The summed E-state index contributed by atoms with van der Waals surface area (Å²) < 4.78 is 5.99. The lowest BCUT2D eigenvalue weighted by Gasteiger charge is -2.11. The summed E-state index contributed by atoms with van der Waals surface area (Å²) in [6.07, 6.45) is 0.305. The Labute approximate surface area is 124 Å². The van der Waals surface area contributed by atoms with E-state index in [9.17, 15) is 9.59 Å². The van der Waals surface area contributed by atoms with Gasteiger partial charge in [0.05, 0.1) is 17.3 Å². The largest absolute Gasteiger partial charge is 0.497 e. The van der Waals surface area contributed by atoms with Crippen molar-refractivity contribution in [1.82, 2.24) is 10.3 Å². The van der Waals surface area contributed by atoms with Crippen molar-refractivity contribution in [1.29, 1.82) is 0 Å². The van der Waals surface area contributed by atoms with Crippen molar-refractivity contribution in [3.05, 3.63) is 18.2 Å². The predicted molar refractivity (Wildman–Crippen MR) is 80.0 cm³/mol. The monoisotopic (exact) mass is 309 g/mol. The number of nitrogens with one attached hydrogen (secondary N) is 2. The second-order valence-electron chi connectivity index (χ2n) is 4.25. The fraction of sp³-hybridized carbons (Fsp3) is 0.308. The van der Waals surface area contributed by atoms with Crippen LogP contribution in [0.1, 0.15) is 13.3 Å². The topological polar surface area (TPSA) is 101 Å². The minimum atomic E-state index is -1.07. The average Bonchev–Trinajstić information content (AvgIpc) is 2.85. The van der Waals surface area contributed by atoms with Crippen LogP contribution in [0.2, 0.25) is 0 Å². The number of anilines is 1. The average molecular weight is 309 g/mol. The zero-order valence-electron chi connectivity index (χ0n) is 11.5. The van der Waals surface area contributed by atoms with E-state index in [1.165, 1.54) is 11.3 Å². The van der Waals surface area contributed by atoms with Crippen LogP contribution >= 0.6 is 11.3 Å². The first-order valence-electron chi connectivity index (χ1n) is 6.28. The molecule has 0 fully saturated rings. The molecule has 0 saturated heterocycles. The predicted octanol–water partition coefficient (Wildman–Crippen LogP) is 2.29. The standard InChI is InChI=1S/C13H15N3O4S/c1-3-8(11(17)18)14-12(19)16-13-15-9-5-4-7(20-2)6-10(9)21-13/h4-6,8H,3H2,1-2H3,(H,17,18)(H2,14,15,16,19). The van der Waals surface area contributed by atoms with Gasteiger partial charge in [0.25, 0.3) is 0 Å². The third kappa shape index (κ3) is 3.60. The fourth-order valence-electron chi connectivity index (χ4n) is 1.72. The van der Waals surface area contributed by atoms with E-state index in [1.807, 2.05) is 6.07 Å². The van der Waals surface area contributed by atoms with Crippen LogP contribution in [0.5, 0.6) is 5.75 Å². The summed E-state index contributed by atoms with van der Waals surface area (Å²) in [6, 6.07) is 3.89. The third-order valence-electron chi connectivity index (χ3n) is 2.83. The Balaban J connectivity index is 2.09. The molecule has 0 saturated carbocycles. The van der Waals surface area contributed by atoms with Crippen LogP contribution in [-0.2, 0) is 4.79 Å². The van der Waals surface area contributed by atoms with Crippen LogP contribution in [0.3, 0.4) is 0 Å². The van der Waals surface area contributed by atoms with Crippen molar-refractivity contribution < 1.29 is 19.4 Å². The molecule has 0 aliphatic rings. The molecule has 1 atom stereocenters. The van der Waals surface area contributed by atoms with E-state index in [2.05, 4.69) is 15.6 Å². The Hall–Kier alpha value is -2.35. The molecule has 2 aromatic rings. The highest BCUT2D eigenvalue weighted by Crippen LogP contribution is 2.28. The zero-order chi connectivity index (χ0) is 15.4. The van der Waals surface area contributed by atoms with Crippen LogP contribution in [0.4, 0.5) is 9.93 Å². The molecular formula is C13H15N3O4S. The second kappa shape index (κ2) is 6.40. The fourth-order valence-corrected chi connectivity index (χ4v) is 2.60. The van der Waals surface area contributed by atoms with Gasteiger partial charge in [-0.2, -0.15) is 0 Å². The summed E-state index contributed by atoms with van der Waals surface area (Å²) in [7, 11) is 1.57. The molecule has 1 aromatic heterocycles. The number of carbonyl (C=O) groups excluding carboxylic acids is 1. The van der Waals surface area contributed by atoms with Gasteiger partial charge in [0.2, 0.25) is 0 Å². The number of aromatic nitrogens is 1. The number of carbonyl (C=O) groups is 2. The van der Waals surface area contributed by atoms with E-state index in [4.69, 9.17) is 9.84 Å². The molecule has 8 heteroatoms. The number of benzene rings is 1. The molecule has 2 rings (SSSR count). The number of thiazole rings is 1. The molecular weight excluding hydrogens is 294 g/mol. The summed E-state index contributed by atoms with van der Waals surface area (Å²) in [5.74, 6) is -0.360. The van der Waals surface area contributed by atoms with Gasteiger partial charge >= 0.3 is 12.0 Å². The van der Waals surface area contributed by atoms with Crippen LogP contribution < -0.4 is 15.4 Å². The van der Waals surface area contributed by atoms with E-state index >= 15 is 0 Å². The number of methoxy groups -OCH3 is 1. The number of urea groups is 1. The van der Waals surface area contributed by atoms with Crippen molar-refractivity contribution in [3.63, 3.8) is 0 Å². The lowest BCUT2D eigenvalue weighted by molar-refractivity contribution is -0.139. The van der Waals surface area contributed by atoms with Crippen molar-refractivity contribution >= 4 is 38.7 Å². The number of carboxylic acid groups (broad SMARTS) is 1. The maximum atomic E-state index is 11.7. The minimum Gasteiger partial charge on any atom is -0.497 e. The molecule has 0 aliphatic heterocycles. The Morgan fingerprint density at radius 3 is 2.86 bits per heavy atom. The van der Waals surface area contributed by atoms with Gasteiger partial charge in [0.15, 0.2) is 5.13 Å². The highest BCUT2D eigenvalue weighted by atomic mass is 32.1. The first-order chi connectivity index (χ1) is 10.0. The number of hydrogen-bond donors (Lipinski definition) is 3. The molecule has 3 N–H and O–H groups in total. The van der Waals surface area contributed by atoms with Gasteiger partial charge in [0, 0.05) is 0 Å². The van der Waals surface area contributed by atoms with Crippen molar-refractivity contribution in [2.24, 2.45) is 0 Å². The van der Waals surface area contributed by atoms with E-state index in [-0.39, 0.29) is 0 Å². The van der Waals surface area contributed by atoms with E-state index in [0.717, 1.165) is 10.2 Å². The first-order valence-corrected chi connectivity index (χ1v) is 7.10. The van der Waals surface area contributed by atoms with Crippen molar-refractivity contribution in [3.8, 4) is 5.75 Å². The highest BCUT2D eigenvalue weighted by molar-refractivity contribution is 7.22. The third-order valence-corrected chi connectivity index (χ3v) is 3.76. The number of aliphatic carboxylic acids is 1. The molecule has 21 heavy (non-hydrogen) atoms. The number of carboxylic acids is 1. The Morgan fingerprint density at radius 2 is 2.24 bits per heavy atom. The highest BCUT2D eigenvalue weighted by Gasteiger charge is 2.18. The number of ether oxygens (including phenoxy) is 1. The maximum Gasteiger partial charge on any atom is 0.326 e. The van der Waals surface area contributed by atoms with Gasteiger partial charge in [-0.3, -0.25) is 5.32 Å². The first kappa shape index (κ1) is 15.0. The lowest BCUT2D eigenvalue weighted by Crippen LogP contribution is -2.42. The van der Waals surface area contributed by atoms with Gasteiger partial charge in [-0.05, 0) is 24.6 Å². The van der Waals surface area contributed by atoms with Gasteiger partial charge in [-0.25, -0.2) is 14.6 Å². The minimum absolute atomic E-state index is 0.305. The second-order valence-corrected chi connectivity index (χ2v) is 5.28.